The van der Waals surface area contributed by atoms with Crippen LogP contribution in [0.25, 0.3) is 0 Å². The number of rotatable bonds is 5. The maximum Gasteiger partial charge on any atom is 0.142 e. The lowest BCUT2D eigenvalue weighted by Crippen LogP contribution is -2.45. The van der Waals surface area contributed by atoms with E-state index in [2.05, 4.69) is 11.8 Å². The van der Waals surface area contributed by atoms with Gasteiger partial charge in [-0.2, -0.15) is 0 Å². The molecule has 2 unspecified atom stereocenters. The van der Waals surface area contributed by atoms with Gasteiger partial charge in [-0.25, -0.2) is 0 Å². The molecule has 1 fully saturated rings. The number of piperidine rings is 1. The van der Waals surface area contributed by atoms with Crippen LogP contribution in [0.5, 0.6) is 5.75 Å². The van der Waals surface area contributed by atoms with Crippen LogP contribution in [0, 0.1) is 5.92 Å². The monoisotopic (exact) mass is 264 g/mol. The van der Waals surface area contributed by atoms with Crippen LogP contribution in [-0.4, -0.2) is 44.4 Å². The van der Waals surface area contributed by atoms with Crippen molar-refractivity contribution >= 4 is 5.69 Å². The van der Waals surface area contributed by atoms with Crippen molar-refractivity contribution in [3.8, 4) is 5.75 Å². The van der Waals surface area contributed by atoms with Gasteiger partial charge < -0.3 is 15.2 Å². The molecule has 0 spiro atoms. The normalized spacial score (nSPS) is 24.3. The summed E-state index contributed by atoms with van der Waals surface area (Å²) in [6.45, 7) is 5.95. The third-order valence-corrected chi connectivity index (χ3v) is 3.86. The topological polar surface area (TPSA) is 47.7 Å². The van der Waals surface area contributed by atoms with Gasteiger partial charge in [0.2, 0.25) is 0 Å². The van der Waals surface area contributed by atoms with Crippen molar-refractivity contribution in [1.29, 1.82) is 0 Å². The first kappa shape index (κ1) is 14.2. The number of likely N-dealkylation sites (tertiary alicyclic amines) is 1. The van der Waals surface area contributed by atoms with Crippen molar-refractivity contribution in [2.45, 2.75) is 19.4 Å². The minimum atomic E-state index is 0.343. The summed E-state index contributed by atoms with van der Waals surface area (Å²) in [5.41, 5.74) is 6.54. The Balaban J connectivity index is 1.76. The number of methoxy groups -OCH3 is 1. The van der Waals surface area contributed by atoms with Crippen molar-refractivity contribution < 1.29 is 9.47 Å². The predicted molar refractivity (Wildman–Crippen MR) is 77.4 cm³/mol. The van der Waals surface area contributed by atoms with E-state index in [1.54, 1.807) is 7.11 Å². The van der Waals surface area contributed by atoms with Crippen molar-refractivity contribution in [2.24, 2.45) is 5.92 Å². The Kier molecular flexibility index (Phi) is 5.05. The molecule has 2 atom stereocenters. The van der Waals surface area contributed by atoms with Gasteiger partial charge in [0.05, 0.1) is 11.8 Å². The van der Waals surface area contributed by atoms with Crippen molar-refractivity contribution in [2.75, 3.05) is 39.1 Å². The third-order valence-electron chi connectivity index (χ3n) is 3.86. The Morgan fingerprint density at radius 3 is 2.89 bits per heavy atom. The quantitative estimate of drug-likeness (QED) is 0.826. The van der Waals surface area contributed by atoms with E-state index < -0.39 is 0 Å². The number of anilines is 1. The molecule has 1 aliphatic rings. The van der Waals surface area contributed by atoms with Gasteiger partial charge in [0.15, 0.2) is 0 Å². The zero-order valence-corrected chi connectivity index (χ0v) is 11.8. The smallest absolute Gasteiger partial charge is 0.142 e. The molecule has 1 saturated heterocycles. The molecule has 2 N–H and O–H groups in total. The summed E-state index contributed by atoms with van der Waals surface area (Å²) >= 11 is 0. The highest BCUT2D eigenvalue weighted by atomic mass is 16.5. The molecular formula is C15H24N2O2. The average Bonchev–Trinajstić information content (AvgIpc) is 2.43. The molecule has 0 bridgehead atoms. The maximum absolute atomic E-state index is 5.84. The zero-order chi connectivity index (χ0) is 13.7. The highest BCUT2D eigenvalue weighted by molar-refractivity contribution is 5.51. The molecule has 1 aliphatic heterocycles. The van der Waals surface area contributed by atoms with E-state index >= 15 is 0 Å². The van der Waals surface area contributed by atoms with Crippen LogP contribution in [0.4, 0.5) is 5.69 Å². The molecule has 19 heavy (non-hydrogen) atoms. The fraction of sp³-hybridized carbons (Fsp3) is 0.600. The lowest BCUT2D eigenvalue weighted by Gasteiger charge is -2.36. The molecule has 4 heteroatoms. The van der Waals surface area contributed by atoms with Gasteiger partial charge in [-0.05, 0) is 31.0 Å². The minimum Gasteiger partial charge on any atom is -0.490 e. The van der Waals surface area contributed by atoms with Gasteiger partial charge in [0.25, 0.3) is 0 Å². The minimum absolute atomic E-state index is 0.343. The summed E-state index contributed by atoms with van der Waals surface area (Å²) in [6.07, 6.45) is 1.53. The van der Waals surface area contributed by atoms with Crippen molar-refractivity contribution in [3.05, 3.63) is 24.3 Å². The standard InChI is InChI=1S/C15H24N2O2/c1-12-7-8-17(11-15(12)18-2)9-10-19-14-6-4-3-5-13(14)16/h3-6,12,15H,7-11,16H2,1-2H3. The zero-order valence-electron chi connectivity index (χ0n) is 11.8. The van der Waals surface area contributed by atoms with Gasteiger partial charge >= 0.3 is 0 Å². The van der Waals surface area contributed by atoms with Gasteiger partial charge in [-0.1, -0.05) is 19.1 Å². The summed E-state index contributed by atoms with van der Waals surface area (Å²) in [7, 11) is 1.80. The molecule has 0 aromatic heterocycles. The molecule has 106 valence electrons. The second-order valence-corrected chi connectivity index (χ2v) is 5.23. The number of benzene rings is 1. The summed E-state index contributed by atoms with van der Waals surface area (Å²) < 4.78 is 11.2. The van der Waals surface area contributed by atoms with Gasteiger partial charge in [0, 0.05) is 20.2 Å². The van der Waals surface area contributed by atoms with E-state index in [9.17, 15) is 0 Å². The van der Waals surface area contributed by atoms with Crippen LogP contribution in [0.2, 0.25) is 0 Å². The van der Waals surface area contributed by atoms with Gasteiger partial charge in [-0.15, -0.1) is 0 Å². The maximum atomic E-state index is 5.84. The molecule has 1 aromatic rings. The molecular weight excluding hydrogens is 240 g/mol. The molecule has 4 nitrogen and oxygen atoms in total. The third kappa shape index (κ3) is 3.85. The Labute approximate surface area is 115 Å². The first-order valence-electron chi connectivity index (χ1n) is 6.93. The number of nitrogens with zero attached hydrogens (tertiary/aromatic N) is 1. The highest BCUT2D eigenvalue weighted by Gasteiger charge is 2.25. The van der Waals surface area contributed by atoms with Crippen LogP contribution >= 0.6 is 0 Å². The van der Waals surface area contributed by atoms with Crippen LogP contribution in [0.15, 0.2) is 24.3 Å². The largest absolute Gasteiger partial charge is 0.490 e. The Morgan fingerprint density at radius 2 is 2.16 bits per heavy atom. The molecule has 2 rings (SSSR count). The number of nitrogen functional groups attached to an aromatic ring is 1. The summed E-state index contributed by atoms with van der Waals surface area (Å²) in [6, 6.07) is 7.62. The SMILES string of the molecule is COC1CN(CCOc2ccccc2N)CCC1C. The Bertz CT molecular complexity index is 397. The van der Waals surface area contributed by atoms with Gasteiger partial charge in [0.1, 0.15) is 12.4 Å². The molecule has 1 aromatic carbocycles. The number of nitrogens with two attached hydrogens (primary N) is 1. The van der Waals surface area contributed by atoms with Crippen LogP contribution in [0.3, 0.4) is 0 Å². The lowest BCUT2D eigenvalue weighted by molar-refractivity contribution is -0.00786. The van der Waals surface area contributed by atoms with Crippen molar-refractivity contribution in [3.63, 3.8) is 0 Å². The number of para-hydroxylation sites is 2. The summed E-state index contributed by atoms with van der Waals surface area (Å²) in [5.74, 6) is 1.42. The fourth-order valence-corrected chi connectivity index (χ4v) is 2.50. The van der Waals surface area contributed by atoms with E-state index in [1.165, 1.54) is 6.42 Å². The molecule has 0 radical (unpaired) electrons. The molecule has 0 amide bonds. The summed E-state index contributed by atoms with van der Waals surface area (Å²) in [4.78, 5) is 2.40. The van der Waals surface area contributed by atoms with Crippen LogP contribution < -0.4 is 10.5 Å². The van der Waals surface area contributed by atoms with E-state index in [0.29, 0.717) is 24.3 Å². The fourth-order valence-electron chi connectivity index (χ4n) is 2.50. The first-order valence-corrected chi connectivity index (χ1v) is 6.93. The van der Waals surface area contributed by atoms with E-state index in [4.69, 9.17) is 15.2 Å². The molecule has 1 heterocycles. The lowest BCUT2D eigenvalue weighted by atomic mass is 9.96. The predicted octanol–water partition coefficient (Wildman–Crippen LogP) is 2.00. The van der Waals surface area contributed by atoms with Crippen LogP contribution in [0.1, 0.15) is 13.3 Å². The Morgan fingerprint density at radius 1 is 1.37 bits per heavy atom. The number of ether oxygens (including phenoxy) is 2. The van der Waals surface area contributed by atoms with E-state index in [1.807, 2.05) is 24.3 Å². The van der Waals surface area contributed by atoms with Gasteiger partial charge in [-0.3, -0.25) is 4.90 Å². The second-order valence-electron chi connectivity index (χ2n) is 5.23. The first-order chi connectivity index (χ1) is 9.20. The molecule has 0 aliphatic carbocycles. The van der Waals surface area contributed by atoms with E-state index in [0.717, 1.165) is 25.4 Å². The summed E-state index contributed by atoms with van der Waals surface area (Å²) in [5, 5.41) is 0. The number of hydrogen-bond acceptors (Lipinski definition) is 4. The highest BCUT2D eigenvalue weighted by Crippen LogP contribution is 2.21. The van der Waals surface area contributed by atoms with Crippen molar-refractivity contribution in [1.82, 2.24) is 4.90 Å². The second kappa shape index (κ2) is 6.78. The molecule has 0 saturated carbocycles. The average molecular weight is 264 g/mol. The number of hydrogen-bond donors (Lipinski definition) is 1. The van der Waals surface area contributed by atoms with Crippen LogP contribution in [-0.2, 0) is 4.74 Å². The Hall–Kier alpha value is -1.26. The van der Waals surface area contributed by atoms with E-state index in [-0.39, 0.29) is 0 Å².